The van der Waals surface area contributed by atoms with Crippen LogP contribution in [0.3, 0.4) is 0 Å². The number of H-pyrrole nitrogens is 1. The average molecular weight is 422 g/mol. The van der Waals surface area contributed by atoms with E-state index < -0.39 is 11.5 Å². The predicted molar refractivity (Wildman–Crippen MR) is 97.0 cm³/mol. The molecule has 0 saturated carbocycles. The highest BCUT2D eigenvalue weighted by atomic mass is 127. The van der Waals surface area contributed by atoms with Crippen LogP contribution in [0.5, 0.6) is 0 Å². The lowest BCUT2D eigenvalue weighted by Crippen LogP contribution is -2.29. The SMILES string of the molecule is Cc1cccc(C(=O)n2c(=S)[nH]c3ccc(I)cc3c2=O)c1. The highest BCUT2D eigenvalue weighted by Crippen LogP contribution is 2.13. The van der Waals surface area contributed by atoms with Crippen LogP contribution in [0.25, 0.3) is 10.9 Å². The fourth-order valence-corrected chi connectivity index (χ4v) is 3.04. The molecule has 3 aromatic rings. The predicted octanol–water partition coefficient (Wildman–Crippen LogP) is 3.66. The number of nitrogens with one attached hydrogen (secondary N) is 1. The molecular weight excluding hydrogens is 411 g/mol. The number of benzene rings is 2. The fourth-order valence-electron chi connectivity index (χ4n) is 2.28. The van der Waals surface area contributed by atoms with Crippen LogP contribution >= 0.6 is 34.8 Å². The van der Waals surface area contributed by atoms with E-state index in [2.05, 4.69) is 27.6 Å². The van der Waals surface area contributed by atoms with E-state index in [1.165, 1.54) is 0 Å². The third-order valence-corrected chi connectivity index (χ3v) is 4.28. The molecule has 1 heterocycles. The largest absolute Gasteiger partial charge is 0.331 e. The lowest BCUT2D eigenvalue weighted by Gasteiger charge is -2.08. The van der Waals surface area contributed by atoms with Gasteiger partial charge in [0.15, 0.2) is 4.77 Å². The summed E-state index contributed by atoms with van der Waals surface area (Å²) in [6.45, 7) is 1.89. The Morgan fingerprint density at radius 2 is 2.00 bits per heavy atom. The van der Waals surface area contributed by atoms with Gasteiger partial charge in [-0.1, -0.05) is 17.7 Å². The molecule has 4 nitrogen and oxygen atoms in total. The van der Waals surface area contributed by atoms with E-state index in [0.29, 0.717) is 16.5 Å². The molecule has 6 heteroatoms. The van der Waals surface area contributed by atoms with Crippen molar-refractivity contribution in [3.8, 4) is 0 Å². The monoisotopic (exact) mass is 422 g/mol. The zero-order chi connectivity index (χ0) is 15.9. The highest BCUT2D eigenvalue weighted by molar-refractivity contribution is 14.1. The van der Waals surface area contributed by atoms with Crippen LogP contribution in [0.15, 0.2) is 47.3 Å². The van der Waals surface area contributed by atoms with Crippen LogP contribution in [-0.4, -0.2) is 15.5 Å². The smallest absolute Gasteiger partial charge is 0.269 e. The first kappa shape index (κ1) is 15.1. The number of aryl methyl sites for hydroxylation is 1. The minimum absolute atomic E-state index is 0.102. The second-order valence-electron chi connectivity index (χ2n) is 4.94. The van der Waals surface area contributed by atoms with Crippen molar-refractivity contribution in [2.24, 2.45) is 0 Å². The molecule has 0 atom stereocenters. The van der Waals surface area contributed by atoms with Crippen LogP contribution in [-0.2, 0) is 0 Å². The number of aromatic amines is 1. The third-order valence-electron chi connectivity index (χ3n) is 3.33. The van der Waals surface area contributed by atoms with E-state index in [0.717, 1.165) is 13.7 Å². The van der Waals surface area contributed by atoms with Crippen molar-refractivity contribution >= 4 is 51.6 Å². The lowest BCUT2D eigenvalue weighted by atomic mass is 10.1. The normalized spacial score (nSPS) is 10.8. The van der Waals surface area contributed by atoms with Gasteiger partial charge >= 0.3 is 0 Å². The Kier molecular flexibility index (Phi) is 3.96. The number of carbonyl (C=O) groups is 1. The maximum absolute atomic E-state index is 12.7. The van der Waals surface area contributed by atoms with Crippen molar-refractivity contribution in [1.29, 1.82) is 0 Å². The molecule has 0 amide bonds. The summed E-state index contributed by atoms with van der Waals surface area (Å²) in [6.07, 6.45) is 0. The molecular formula is C16H11IN2O2S. The molecule has 0 aliphatic rings. The summed E-state index contributed by atoms with van der Waals surface area (Å²) in [5.74, 6) is -0.421. The first-order chi connectivity index (χ1) is 10.5. The van der Waals surface area contributed by atoms with Crippen LogP contribution in [0, 0.1) is 15.3 Å². The molecule has 0 aliphatic heterocycles. The number of hydrogen-bond acceptors (Lipinski definition) is 3. The van der Waals surface area contributed by atoms with Crippen LogP contribution in [0.1, 0.15) is 15.9 Å². The second kappa shape index (κ2) is 5.77. The maximum Gasteiger partial charge on any atom is 0.269 e. The number of halogens is 1. The van der Waals surface area contributed by atoms with Crippen LogP contribution < -0.4 is 5.56 Å². The Morgan fingerprint density at radius 3 is 2.73 bits per heavy atom. The van der Waals surface area contributed by atoms with E-state index in [9.17, 15) is 9.59 Å². The zero-order valence-corrected chi connectivity index (χ0v) is 14.6. The van der Waals surface area contributed by atoms with E-state index in [4.69, 9.17) is 12.2 Å². The molecule has 1 aromatic heterocycles. The molecule has 0 aliphatic carbocycles. The molecule has 0 unspecified atom stereocenters. The summed E-state index contributed by atoms with van der Waals surface area (Å²) in [4.78, 5) is 28.2. The first-order valence-electron chi connectivity index (χ1n) is 6.53. The number of fused-ring (bicyclic) bond motifs is 1. The Morgan fingerprint density at radius 1 is 1.23 bits per heavy atom. The van der Waals surface area contributed by atoms with Gasteiger partial charge in [0.2, 0.25) is 0 Å². The van der Waals surface area contributed by atoms with Gasteiger partial charge in [0, 0.05) is 9.13 Å². The van der Waals surface area contributed by atoms with Gasteiger partial charge in [-0.15, -0.1) is 0 Å². The van der Waals surface area contributed by atoms with Gasteiger partial charge in [-0.3, -0.25) is 9.59 Å². The molecule has 3 rings (SSSR count). The zero-order valence-electron chi connectivity index (χ0n) is 11.6. The molecule has 0 fully saturated rings. The minimum Gasteiger partial charge on any atom is -0.331 e. The lowest BCUT2D eigenvalue weighted by molar-refractivity contribution is 0.0953. The Bertz CT molecular complexity index is 1020. The third kappa shape index (κ3) is 2.64. The van der Waals surface area contributed by atoms with Crippen molar-refractivity contribution in [3.63, 3.8) is 0 Å². The standard InChI is InChI=1S/C16H11IN2O2S/c1-9-3-2-4-10(7-9)14(20)19-15(21)12-8-11(17)5-6-13(12)18-16(19)22/h2-8H,1H3,(H,18,22). The summed E-state index contributed by atoms with van der Waals surface area (Å²) >= 11 is 7.32. The van der Waals surface area contributed by atoms with E-state index in [-0.39, 0.29) is 4.77 Å². The highest BCUT2D eigenvalue weighted by Gasteiger charge is 2.15. The molecule has 0 spiro atoms. The Balaban J connectivity index is 2.29. The summed E-state index contributed by atoms with van der Waals surface area (Å²) < 4.78 is 2.04. The number of carbonyl (C=O) groups excluding carboxylic acids is 1. The van der Waals surface area contributed by atoms with Gasteiger partial charge in [-0.2, -0.15) is 0 Å². The molecule has 110 valence electrons. The van der Waals surface area contributed by atoms with Gasteiger partial charge in [-0.05, 0) is 72.1 Å². The van der Waals surface area contributed by atoms with E-state index >= 15 is 0 Å². The first-order valence-corrected chi connectivity index (χ1v) is 8.02. The molecule has 0 bridgehead atoms. The average Bonchev–Trinajstić information content (AvgIpc) is 2.48. The van der Waals surface area contributed by atoms with Gasteiger partial charge in [-0.25, -0.2) is 4.57 Å². The van der Waals surface area contributed by atoms with E-state index in [1.54, 1.807) is 30.3 Å². The topological polar surface area (TPSA) is 54.9 Å². The number of hydrogen-bond donors (Lipinski definition) is 1. The van der Waals surface area contributed by atoms with E-state index in [1.807, 2.05) is 19.1 Å². The van der Waals surface area contributed by atoms with Crippen molar-refractivity contribution < 1.29 is 4.79 Å². The molecule has 2 aromatic carbocycles. The van der Waals surface area contributed by atoms with Crippen molar-refractivity contribution in [2.45, 2.75) is 6.92 Å². The van der Waals surface area contributed by atoms with Crippen LogP contribution in [0.2, 0.25) is 0 Å². The summed E-state index contributed by atoms with van der Waals surface area (Å²) in [7, 11) is 0. The maximum atomic E-state index is 12.7. The molecule has 0 radical (unpaired) electrons. The molecule has 22 heavy (non-hydrogen) atoms. The minimum atomic E-state index is -0.421. The Hall–Kier alpha value is -1.80. The summed E-state index contributed by atoms with van der Waals surface area (Å²) in [5.41, 5.74) is 1.61. The second-order valence-corrected chi connectivity index (χ2v) is 6.57. The van der Waals surface area contributed by atoms with Crippen molar-refractivity contribution in [1.82, 2.24) is 9.55 Å². The van der Waals surface area contributed by atoms with Gasteiger partial charge < -0.3 is 4.98 Å². The van der Waals surface area contributed by atoms with Crippen molar-refractivity contribution in [2.75, 3.05) is 0 Å². The van der Waals surface area contributed by atoms with Crippen LogP contribution in [0.4, 0.5) is 0 Å². The van der Waals surface area contributed by atoms with Crippen molar-refractivity contribution in [3.05, 3.63) is 72.3 Å². The molecule has 0 saturated heterocycles. The molecule has 1 N–H and O–H groups in total. The number of nitrogens with zero attached hydrogens (tertiary/aromatic N) is 1. The summed E-state index contributed by atoms with van der Waals surface area (Å²) in [5, 5.41) is 0.446. The number of aromatic nitrogens is 2. The summed E-state index contributed by atoms with van der Waals surface area (Å²) in [6, 6.07) is 12.5. The number of rotatable bonds is 1. The fraction of sp³-hybridized carbons (Fsp3) is 0.0625. The quantitative estimate of drug-likeness (QED) is 0.481. The van der Waals surface area contributed by atoms with Gasteiger partial charge in [0.05, 0.1) is 10.9 Å². The van der Waals surface area contributed by atoms with Gasteiger partial charge in [0.25, 0.3) is 11.5 Å². The Labute approximate surface area is 144 Å². The van der Waals surface area contributed by atoms with Gasteiger partial charge in [0.1, 0.15) is 0 Å².